The van der Waals surface area contributed by atoms with Crippen molar-refractivity contribution in [2.45, 2.75) is 43.5 Å². The maximum Gasteiger partial charge on any atom is 0.416 e. The molecule has 3 atom stereocenters. The van der Waals surface area contributed by atoms with Crippen molar-refractivity contribution in [2.75, 3.05) is 14.1 Å². The van der Waals surface area contributed by atoms with Crippen LogP contribution in [0.4, 0.5) is 13.2 Å². The van der Waals surface area contributed by atoms with E-state index < -0.39 is 17.3 Å². The summed E-state index contributed by atoms with van der Waals surface area (Å²) in [5.41, 5.74) is -0.148. The van der Waals surface area contributed by atoms with Gasteiger partial charge in [0.05, 0.1) is 11.2 Å². The summed E-state index contributed by atoms with van der Waals surface area (Å²) in [5.74, 6) is -0.0969. The van der Waals surface area contributed by atoms with Crippen molar-refractivity contribution in [2.24, 2.45) is 5.92 Å². The lowest BCUT2D eigenvalue weighted by Gasteiger charge is -2.46. The number of benzene rings is 2. The minimum absolute atomic E-state index is 0.0150. The van der Waals surface area contributed by atoms with Crippen LogP contribution in [-0.2, 0) is 11.8 Å². The number of halogens is 3. The van der Waals surface area contributed by atoms with E-state index in [1.165, 1.54) is 12.1 Å². The molecule has 1 aliphatic carbocycles. The molecule has 5 heteroatoms. The molecule has 1 fully saturated rings. The van der Waals surface area contributed by atoms with Gasteiger partial charge < -0.3 is 10.0 Å². The fraction of sp³-hybridized carbons (Fsp3) is 0.455. The first kappa shape index (κ1) is 19.9. The van der Waals surface area contributed by atoms with E-state index in [4.69, 9.17) is 0 Å². The summed E-state index contributed by atoms with van der Waals surface area (Å²) < 4.78 is 38.8. The van der Waals surface area contributed by atoms with Crippen LogP contribution in [0.3, 0.4) is 0 Å². The largest absolute Gasteiger partial charge is 0.416 e. The lowest BCUT2D eigenvalue weighted by Crippen LogP contribution is -2.45. The maximum atomic E-state index is 12.9. The normalized spacial score (nSPS) is 24.8. The van der Waals surface area contributed by atoms with Gasteiger partial charge in [0.2, 0.25) is 0 Å². The molecule has 0 heterocycles. The zero-order valence-corrected chi connectivity index (χ0v) is 15.7. The van der Waals surface area contributed by atoms with Gasteiger partial charge in [0.15, 0.2) is 0 Å². The van der Waals surface area contributed by atoms with Crippen molar-refractivity contribution >= 4 is 0 Å². The van der Waals surface area contributed by atoms with Gasteiger partial charge in [-0.05, 0) is 50.2 Å². The van der Waals surface area contributed by atoms with Gasteiger partial charge in [-0.3, -0.25) is 0 Å². The molecule has 3 unspecified atom stereocenters. The molecule has 0 amide bonds. The highest BCUT2D eigenvalue weighted by Gasteiger charge is 2.45. The fourth-order valence-electron chi connectivity index (χ4n) is 4.45. The molecule has 0 radical (unpaired) electrons. The van der Waals surface area contributed by atoms with E-state index in [-0.39, 0.29) is 12.0 Å². The fourth-order valence-corrected chi connectivity index (χ4v) is 4.45. The molecule has 0 spiro atoms. The molecule has 2 aromatic rings. The molecule has 0 aliphatic heterocycles. The first-order valence-electron chi connectivity index (χ1n) is 9.35. The Morgan fingerprint density at radius 1 is 1.00 bits per heavy atom. The number of aliphatic hydroxyl groups is 1. The van der Waals surface area contributed by atoms with Crippen LogP contribution in [0, 0.1) is 5.92 Å². The zero-order valence-electron chi connectivity index (χ0n) is 15.7. The molecule has 27 heavy (non-hydrogen) atoms. The molecule has 0 bridgehead atoms. The highest BCUT2D eigenvalue weighted by atomic mass is 19.4. The third-order valence-electron chi connectivity index (χ3n) is 5.73. The van der Waals surface area contributed by atoms with Crippen molar-refractivity contribution in [1.82, 2.24) is 4.90 Å². The van der Waals surface area contributed by atoms with Gasteiger partial charge in [0.25, 0.3) is 0 Å². The minimum atomic E-state index is -4.37. The van der Waals surface area contributed by atoms with Crippen molar-refractivity contribution in [1.29, 1.82) is 0 Å². The lowest BCUT2D eigenvalue weighted by molar-refractivity contribution is -0.137. The second kappa shape index (κ2) is 7.64. The summed E-state index contributed by atoms with van der Waals surface area (Å²) in [5, 5.41) is 11.7. The summed E-state index contributed by atoms with van der Waals surface area (Å²) in [7, 11) is 3.97. The van der Waals surface area contributed by atoms with Crippen LogP contribution >= 0.6 is 0 Å². The molecule has 0 saturated heterocycles. The summed E-state index contributed by atoms with van der Waals surface area (Å²) in [6, 6.07) is 15.0. The van der Waals surface area contributed by atoms with E-state index in [2.05, 4.69) is 4.90 Å². The Bertz CT molecular complexity index is 742. The average Bonchev–Trinajstić information content (AvgIpc) is 2.64. The van der Waals surface area contributed by atoms with Crippen LogP contribution in [0.25, 0.3) is 0 Å². The highest BCUT2D eigenvalue weighted by molar-refractivity contribution is 5.31. The monoisotopic (exact) mass is 377 g/mol. The first-order chi connectivity index (χ1) is 12.7. The van der Waals surface area contributed by atoms with Crippen LogP contribution in [0.15, 0.2) is 54.6 Å². The average molecular weight is 377 g/mol. The van der Waals surface area contributed by atoms with Crippen molar-refractivity contribution in [3.8, 4) is 0 Å². The van der Waals surface area contributed by atoms with Crippen molar-refractivity contribution < 1.29 is 18.3 Å². The van der Waals surface area contributed by atoms with Gasteiger partial charge in [-0.1, -0.05) is 55.3 Å². The number of alkyl halides is 3. The van der Waals surface area contributed by atoms with Gasteiger partial charge in [-0.15, -0.1) is 0 Å². The van der Waals surface area contributed by atoms with Gasteiger partial charge in [0, 0.05) is 12.0 Å². The predicted octanol–water partition coefficient (Wildman–Crippen LogP) is 5.39. The SMILES string of the molecule is CN(C)C(c1ccccc1)C1CCCCC1(O)c1ccc(C(F)(F)F)cc1. The van der Waals surface area contributed by atoms with Gasteiger partial charge in [0.1, 0.15) is 0 Å². The molecule has 1 saturated carbocycles. The number of rotatable bonds is 4. The standard InChI is InChI=1S/C22H26F3NO/c1-26(2)20(16-8-4-3-5-9-16)19-10-6-7-15-21(19,27)17-11-13-18(14-12-17)22(23,24)25/h3-5,8-9,11-14,19-20,27H,6-7,10,15H2,1-2H3. The Balaban J connectivity index is 2.00. The Hall–Kier alpha value is -1.85. The molecule has 3 rings (SSSR count). The minimum Gasteiger partial charge on any atom is -0.385 e. The summed E-state index contributed by atoms with van der Waals surface area (Å²) in [4.78, 5) is 2.10. The Morgan fingerprint density at radius 2 is 1.63 bits per heavy atom. The topological polar surface area (TPSA) is 23.5 Å². The van der Waals surface area contributed by atoms with E-state index in [1.54, 1.807) is 0 Å². The molecule has 1 aliphatic rings. The van der Waals surface area contributed by atoms with Crippen LogP contribution in [0.2, 0.25) is 0 Å². The van der Waals surface area contributed by atoms with Crippen LogP contribution in [-0.4, -0.2) is 24.1 Å². The molecular weight excluding hydrogens is 351 g/mol. The first-order valence-corrected chi connectivity index (χ1v) is 9.35. The van der Waals surface area contributed by atoms with Crippen molar-refractivity contribution in [3.05, 3.63) is 71.3 Å². The number of nitrogens with zero attached hydrogens (tertiary/aromatic N) is 1. The van der Waals surface area contributed by atoms with Crippen molar-refractivity contribution in [3.63, 3.8) is 0 Å². The molecule has 1 N–H and O–H groups in total. The second-order valence-corrected chi connectivity index (χ2v) is 7.67. The maximum absolute atomic E-state index is 12.9. The zero-order chi connectivity index (χ0) is 19.7. The quantitative estimate of drug-likeness (QED) is 0.773. The van der Waals surface area contributed by atoms with E-state index in [0.29, 0.717) is 12.0 Å². The third-order valence-corrected chi connectivity index (χ3v) is 5.73. The number of hydrogen-bond donors (Lipinski definition) is 1. The molecule has 2 nitrogen and oxygen atoms in total. The Morgan fingerprint density at radius 3 is 2.19 bits per heavy atom. The van der Waals surface area contributed by atoms with Crippen LogP contribution < -0.4 is 0 Å². The number of hydrogen-bond acceptors (Lipinski definition) is 2. The second-order valence-electron chi connectivity index (χ2n) is 7.67. The van der Waals surface area contributed by atoms with E-state index in [0.717, 1.165) is 37.0 Å². The van der Waals surface area contributed by atoms with Crippen LogP contribution in [0.5, 0.6) is 0 Å². The third kappa shape index (κ3) is 4.04. The summed E-state index contributed by atoms with van der Waals surface area (Å²) >= 11 is 0. The van der Waals surface area contributed by atoms with E-state index in [9.17, 15) is 18.3 Å². The lowest BCUT2D eigenvalue weighted by atomic mass is 9.67. The van der Waals surface area contributed by atoms with Gasteiger partial charge in [-0.25, -0.2) is 0 Å². The molecule has 146 valence electrons. The summed E-state index contributed by atoms with van der Waals surface area (Å²) in [6.45, 7) is 0. The van der Waals surface area contributed by atoms with Gasteiger partial charge >= 0.3 is 6.18 Å². The van der Waals surface area contributed by atoms with Crippen LogP contribution in [0.1, 0.15) is 48.4 Å². The highest BCUT2D eigenvalue weighted by Crippen LogP contribution is 2.49. The molecule has 0 aromatic heterocycles. The van der Waals surface area contributed by atoms with Gasteiger partial charge in [-0.2, -0.15) is 13.2 Å². The van der Waals surface area contributed by atoms with E-state index >= 15 is 0 Å². The molecular formula is C22H26F3NO. The Kier molecular flexibility index (Phi) is 5.63. The molecule has 2 aromatic carbocycles. The Labute approximate surface area is 158 Å². The summed E-state index contributed by atoms with van der Waals surface area (Å²) in [6.07, 6.45) is -1.12. The van der Waals surface area contributed by atoms with E-state index in [1.807, 2.05) is 44.4 Å². The smallest absolute Gasteiger partial charge is 0.385 e. The predicted molar refractivity (Wildman–Crippen MR) is 100 cm³/mol.